The van der Waals surface area contributed by atoms with Crippen LogP contribution in [0.25, 0.3) is 0 Å². The van der Waals surface area contributed by atoms with Gasteiger partial charge in [-0.05, 0) is 31.7 Å². The molecule has 0 radical (unpaired) electrons. The first-order valence-corrected chi connectivity index (χ1v) is 11.6. The van der Waals surface area contributed by atoms with Gasteiger partial charge >= 0.3 is 11.9 Å². The van der Waals surface area contributed by atoms with Crippen LogP contribution in [0.15, 0.2) is 35.3 Å². The summed E-state index contributed by atoms with van der Waals surface area (Å²) in [6.07, 6.45) is -0.0679. The van der Waals surface area contributed by atoms with Gasteiger partial charge in [0.25, 0.3) is 0 Å². The van der Waals surface area contributed by atoms with Gasteiger partial charge < -0.3 is 43.4 Å². The second kappa shape index (κ2) is 15.7. The molecule has 0 aromatic heterocycles. The van der Waals surface area contributed by atoms with Crippen LogP contribution in [0.2, 0.25) is 0 Å². The molecule has 14 nitrogen and oxygen atoms in total. The van der Waals surface area contributed by atoms with Gasteiger partial charge in [-0.1, -0.05) is 30.3 Å². The van der Waals surface area contributed by atoms with E-state index in [1.807, 2.05) is 0 Å². The number of carbonyl (C=O) groups is 5. The molecule has 0 saturated heterocycles. The molecule has 0 aliphatic rings. The zero-order chi connectivity index (χ0) is 28.0. The third-order valence-electron chi connectivity index (χ3n) is 5.23. The molecule has 0 saturated carbocycles. The second-order valence-corrected chi connectivity index (χ2v) is 8.37. The molecule has 0 aliphatic heterocycles. The van der Waals surface area contributed by atoms with Crippen molar-refractivity contribution in [3.8, 4) is 0 Å². The quantitative estimate of drug-likeness (QED) is 0.0676. The van der Waals surface area contributed by atoms with Crippen LogP contribution < -0.4 is 33.2 Å². The highest BCUT2D eigenvalue weighted by atomic mass is 16.4. The molecule has 3 amide bonds. The predicted octanol–water partition coefficient (Wildman–Crippen LogP) is -1.97. The van der Waals surface area contributed by atoms with Crippen molar-refractivity contribution in [3.05, 3.63) is 35.9 Å². The molecule has 0 heterocycles. The third-order valence-corrected chi connectivity index (χ3v) is 5.23. The average molecular weight is 522 g/mol. The van der Waals surface area contributed by atoms with E-state index in [0.29, 0.717) is 12.0 Å². The highest BCUT2D eigenvalue weighted by Gasteiger charge is 2.28. The fraction of sp³-hybridized carbons (Fsp3) is 0.478. The maximum atomic E-state index is 12.8. The number of guanidine groups is 1. The average Bonchev–Trinajstić information content (AvgIpc) is 2.83. The Morgan fingerprint density at radius 1 is 0.892 bits per heavy atom. The summed E-state index contributed by atoms with van der Waals surface area (Å²) < 4.78 is 0. The minimum absolute atomic E-state index is 0.0287. The first-order chi connectivity index (χ1) is 17.4. The first kappa shape index (κ1) is 30.8. The number of carboxylic acid groups (broad SMARTS) is 2. The topological polar surface area (TPSA) is 252 Å². The zero-order valence-electron chi connectivity index (χ0n) is 20.6. The van der Waals surface area contributed by atoms with Crippen LogP contribution in [-0.2, 0) is 30.4 Å². The van der Waals surface area contributed by atoms with E-state index in [4.69, 9.17) is 22.3 Å². The Morgan fingerprint density at radius 3 is 2.08 bits per heavy atom. The molecule has 0 spiro atoms. The van der Waals surface area contributed by atoms with Gasteiger partial charge in [-0.15, -0.1) is 0 Å². The summed E-state index contributed by atoms with van der Waals surface area (Å²) in [5.74, 6) is -4.82. The van der Waals surface area contributed by atoms with Gasteiger partial charge in [0, 0.05) is 19.4 Å². The molecule has 0 fully saturated rings. The van der Waals surface area contributed by atoms with E-state index in [2.05, 4.69) is 20.9 Å². The summed E-state index contributed by atoms with van der Waals surface area (Å²) in [7, 11) is 0. The molecule has 4 unspecified atom stereocenters. The third kappa shape index (κ3) is 12.4. The van der Waals surface area contributed by atoms with Crippen molar-refractivity contribution >= 4 is 35.6 Å². The van der Waals surface area contributed by atoms with Gasteiger partial charge in [0.15, 0.2) is 5.96 Å². The number of nitrogens with two attached hydrogens (primary N) is 3. The minimum atomic E-state index is -1.29. The molecule has 0 bridgehead atoms. The number of nitrogens with zero attached hydrogens (tertiary/aromatic N) is 1. The number of aliphatic carboxylic acids is 2. The van der Waals surface area contributed by atoms with Crippen LogP contribution >= 0.6 is 0 Å². The van der Waals surface area contributed by atoms with Gasteiger partial charge in [-0.3, -0.25) is 24.2 Å². The maximum absolute atomic E-state index is 12.8. The molecule has 1 aromatic carbocycles. The lowest BCUT2D eigenvalue weighted by Gasteiger charge is -2.23. The van der Waals surface area contributed by atoms with E-state index in [1.165, 1.54) is 6.92 Å². The van der Waals surface area contributed by atoms with Crippen molar-refractivity contribution in [1.82, 2.24) is 16.0 Å². The van der Waals surface area contributed by atoms with Crippen LogP contribution in [0.5, 0.6) is 0 Å². The Hall–Kier alpha value is -4.20. The van der Waals surface area contributed by atoms with Gasteiger partial charge in [-0.25, -0.2) is 4.79 Å². The van der Waals surface area contributed by atoms with Crippen molar-refractivity contribution in [1.29, 1.82) is 0 Å². The van der Waals surface area contributed by atoms with Crippen molar-refractivity contribution in [3.63, 3.8) is 0 Å². The van der Waals surface area contributed by atoms with E-state index >= 15 is 0 Å². The zero-order valence-corrected chi connectivity index (χ0v) is 20.6. The Balaban J connectivity index is 2.76. The van der Waals surface area contributed by atoms with E-state index < -0.39 is 60.2 Å². The predicted molar refractivity (Wildman–Crippen MR) is 134 cm³/mol. The van der Waals surface area contributed by atoms with Crippen molar-refractivity contribution in [2.24, 2.45) is 22.2 Å². The summed E-state index contributed by atoms with van der Waals surface area (Å²) in [5.41, 5.74) is 17.0. The Bertz CT molecular complexity index is 967. The van der Waals surface area contributed by atoms with Crippen LogP contribution in [0.4, 0.5) is 0 Å². The number of rotatable bonds is 16. The Labute approximate surface area is 214 Å². The molecule has 4 atom stereocenters. The molecule has 1 aromatic rings. The van der Waals surface area contributed by atoms with E-state index in [-0.39, 0.29) is 31.8 Å². The fourth-order valence-corrected chi connectivity index (χ4v) is 3.19. The van der Waals surface area contributed by atoms with Crippen LogP contribution in [0, 0.1) is 0 Å². The summed E-state index contributed by atoms with van der Waals surface area (Å²) in [4.78, 5) is 64.2. The Kier molecular flexibility index (Phi) is 13.1. The number of hydrogen-bond donors (Lipinski definition) is 8. The lowest BCUT2D eigenvalue weighted by molar-refractivity contribution is -0.142. The second-order valence-electron chi connectivity index (χ2n) is 8.37. The molecular weight excluding hydrogens is 486 g/mol. The number of amides is 3. The van der Waals surface area contributed by atoms with Gasteiger partial charge in [-0.2, -0.15) is 0 Å². The van der Waals surface area contributed by atoms with Gasteiger partial charge in [0.1, 0.15) is 18.1 Å². The van der Waals surface area contributed by atoms with Gasteiger partial charge in [0.2, 0.25) is 17.7 Å². The number of hydrogen-bond acceptors (Lipinski definition) is 7. The van der Waals surface area contributed by atoms with Crippen LogP contribution in [-0.4, -0.2) is 76.5 Å². The van der Waals surface area contributed by atoms with E-state index in [0.717, 1.165) is 0 Å². The van der Waals surface area contributed by atoms with Crippen LogP contribution in [0.1, 0.15) is 38.2 Å². The SMILES string of the molecule is CC(NC(=O)C(CCC(=O)O)NC(=O)C(N)CCCN=C(N)N)C(=O)NC(Cc1ccccc1)C(=O)O. The normalized spacial score (nSPS) is 13.8. The molecule has 14 heteroatoms. The molecule has 11 N–H and O–H groups in total. The summed E-state index contributed by atoms with van der Waals surface area (Å²) in [6, 6.07) is 3.96. The standard InChI is InChI=1S/C23H35N7O7/c1-13(19(33)30-17(22(36)37)12-14-6-3-2-4-7-14)28-21(35)16(9-10-18(31)32)29-20(34)15(24)8-5-11-27-23(25)26/h2-4,6-7,13,15-17H,5,8-12,24H2,1H3,(H,28,35)(H,29,34)(H,30,33)(H,31,32)(H,36,37)(H4,25,26,27). The summed E-state index contributed by atoms with van der Waals surface area (Å²) in [6.45, 7) is 1.58. The highest BCUT2D eigenvalue weighted by molar-refractivity contribution is 5.94. The van der Waals surface area contributed by atoms with Crippen molar-refractivity contribution in [2.45, 2.75) is 63.2 Å². The lowest BCUT2D eigenvalue weighted by Crippen LogP contribution is -2.56. The smallest absolute Gasteiger partial charge is 0.326 e. The largest absolute Gasteiger partial charge is 0.481 e. The summed E-state index contributed by atoms with van der Waals surface area (Å²) in [5, 5.41) is 25.6. The monoisotopic (exact) mass is 521 g/mol. The van der Waals surface area contributed by atoms with Crippen molar-refractivity contribution in [2.75, 3.05) is 6.54 Å². The molecule has 204 valence electrons. The number of benzene rings is 1. The minimum Gasteiger partial charge on any atom is -0.481 e. The van der Waals surface area contributed by atoms with Crippen LogP contribution in [0.3, 0.4) is 0 Å². The number of aliphatic imine (C=N–C) groups is 1. The molecule has 37 heavy (non-hydrogen) atoms. The number of carboxylic acids is 2. The first-order valence-electron chi connectivity index (χ1n) is 11.6. The molecule has 1 rings (SSSR count). The Morgan fingerprint density at radius 2 is 1.51 bits per heavy atom. The molecule has 0 aliphatic carbocycles. The number of nitrogens with one attached hydrogen (secondary N) is 3. The molecular formula is C23H35N7O7. The summed E-state index contributed by atoms with van der Waals surface area (Å²) >= 11 is 0. The van der Waals surface area contributed by atoms with Crippen molar-refractivity contribution < 1.29 is 34.2 Å². The lowest BCUT2D eigenvalue weighted by atomic mass is 10.1. The highest BCUT2D eigenvalue weighted by Crippen LogP contribution is 2.05. The van der Waals surface area contributed by atoms with E-state index in [9.17, 15) is 29.1 Å². The van der Waals surface area contributed by atoms with E-state index in [1.54, 1.807) is 30.3 Å². The fourth-order valence-electron chi connectivity index (χ4n) is 3.19. The number of carbonyl (C=O) groups excluding carboxylic acids is 3. The van der Waals surface area contributed by atoms with Gasteiger partial charge in [0.05, 0.1) is 6.04 Å². The maximum Gasteiger partial charge on any atom is 0.326 e.